The number of carbonyl (C=O) groups is 1. The maximum atomic E-state index is 12.8. The number of ketones is 1. The van der Waals surface area contributed by atoms with Gasteiger partial charge in [0, 0.05) is 20.1 Å². The van der Waals surface area contributed by atoms with Crippen molar-refractivity contribution in [2.45, 2.75) is 0 Å². The van der Waals surface area contributed by atoms with Crippen molar-refractivity contribution in [3.05, 3.63) is 79.7 Å². The standard InChI is InChI=1S/C17H9Br2ClO/c18-14-7-6-13(11-3-1-2-4-12(11)14)17(21)10-5-8-16(20)15(19)9-10/h1-9H. The van der Waals surface area contributed by atoms with Gasteiger partial charge >= 0.3 is 0 Å². The molecule has 0 aromatic heterocycles. The lowest BCUT2D eigenvalue weighted by Gasteiger charge is -2.08. The Balaban J connectivity index is 2.18. The highest BCUT2D eigenvalue weighted by molar-refractivity contribution is 9.11. The third-order valence-electron chi connectivity index (χ3n) is 3.30. The van der Waals surface area contributed by atoms with Crippen molar-refractivity contribution >= 4 is 60.0 Å². The molecule has 21 heavy (non-hydrogen) atoms. The van der Waals surface area contributed by atoms with Crippen molar-refractivity contribution in [3.63, 3.8) is 0 Å². The first-order valence-electron chi connectivity index (χ1n) is 6.25. The molecular weight excluding hydrogens is 415 g/mol. The van der Waals surface area contributed by atoms with Crippen molar-refractivity contribution in [1.82, 2.24) is 0 Å². The van der Waals surface area contributed by atoms with Crippen LogP contribution >= 0.6 is 43.5 Å². The van der Waals surface area contributed by atoms with E-state index in [9.17, 15) is 4.79 Å². The van der Waals surface area contributed by atoms with Crippen LogP contribution in [0.25, 0.3) is 10.8 Å². The average Bonchev–Trinajstić information content (AvgIpc) is 2.50. The van der Waals surface area contributed by atoms with Gasteiger partial charge in [0.2, 0.25) is 0 Å². The van der Waals surface area contributed by atoms with Gasteiger partial charge in [0.25, 0.3) is 0 Å². The molecule has 0 fully saturated rings. The fourth-order valence-electron chi connectivity index (χ4n) is 2.25. The molecular formula is C17H9Br2ClO. The number of hydrogen-bond donors (Lipinski definition) is 0. The number of rotatable bonds is 2. The summed E-state index contributed by atoms with van der Waals surface area (Å²) in [6, 6.07) is 16.8. The lowest BCUT2D eigenvalue weighted by Crippen LogP contribution is -2.02. The monoisotopic (exact) mass is 422 g/mol. The van der Waals surface area contributed by atoms with E-state index in [0.29, 0.717) is 16.1 Å². The topological polar surface area (TPSA) is 17.1 Å². The summed E-state index contributed by atoms with van der Waals surface area (Å²) in [5.41, 5.74) is 1.29. The van der Waals surface area contributed by atoms with E-state index in [-0.39, 0.29) is 5.78 Å². The van der Waals surface area contributed by atoms with Gasteiger partial charge in [-0.3, -0.25) is 4.79 Å². The molecule has 0 bridgehead atoms. The van der Waals surface area contributed by atoms with Crippen LogP contribution < -0.4 is 0 Å². The molecule has 1 nitrogen and oxygen atoms in total. The second-order valence-electron chi connectivity index (χ2n) is 4.60. The van der Waals surface area contributed by atoms with Crippen molar-refractivity contribution in [2.24, 2.45) is 0 Å². The van der Waals surface area contributed by atoms with Crippen LogP contribution in [0.1, 0.15) is 15.9 Å². The van der Waals surface area contributed by atoms with E-state index in [2.05, 4.69) is 31.9 Å². The Morgan fingerprint density at radius 3 is 2.29 bits per heavy atom. The van der Waals surface area contributed by atoms with E-state index in [1.807, 2.05) is 36.4 Å². The lowest BCUT2D eigenvalue weighted by molar-refractivity contribution is 0.104. The first-order valence-corrected chi connectivity index (χ1v) is 8.21. The van der Waals surface area contributed by atoms with Gasteiger partial charge in [0.1, 0.15) is 0 Å². The minimum atomic E-state index is -0.0175. The Morgan fingerprint density at radius 1 is 0.857 bits per heavy atom. The van der Waals surface area contributed by atoms with Gasteiger partial charge in [-0.05, 0) is 57.0 Å². The van der Waals surface area contributed by atoms with Crippen LogP contribution in [0.15, 0.2) is 63.5 Å². The van der Waals surface area contributed by atoms with E-state index in [1.54, 1.807) is 18.2 Å². The summed E-state index contributed by atoms with van der Waals surface area (Å²) < 4.78 is 1.70. The van der Waals surface area contributed by atoms with Crippen LogP contribution in [0.4, 0.5) is 0 Å². The number of benzene rings is 3. The Bertz CT molecular complexity index is 859. The minimum absolute atomic E-state index is 0.0175. The highest BCUT2D eigenvalue weighted by atomic mass is 79.9. The quantitative estimate of drug-likeness (QED) is 0.445. The van der Waals surface area contributed by atoms with Gasteiger partial charge in [-0.15, -0.1) is 0 Å². The first kappa shape index (κ1) is 14.8. The van der Waals surface area contributed by atoms with E-state index in [4.69, 9.17) is 11.6 Å². The fraction of sp³-hybridized carbons (Fsp3) is 0. The smallest absolute Gasteiger partial charge is 0.193 e. The Morgan fingerprint density at radius 2 is 1.57 bits per heavy atom. The van der Waals surface area contributed by atoms with Gasteiger partial charge in [-0.1, -0.05) is 51.8 Å². The molecule has 3 rings (SSSR count). The molecule has 0 unspecified atom stereocenters. The molecule has 0 N–H and O–H groups in total. The summed E-state index contributed by atoms with van der Waals surface area (Å²) in [5, 5.41) is 2.55. The molecule has 104 valence electrons. The molecule has 0 radical (unpaired) electrons. The van der Waals surface area contributed by atoms with Crippen molar-refractivity contribution in [3.8, 4) is 0 Å². The van der Waals surface area contributed by atoms with Gasteiger partial charge in [-0.25, -0.2) is 0 Å². The summed E-state index contributed by atoms with van der Waals surface area (Å²) in [6.07, 6.45) is 0. The molecule has 0 amide bonds. The molecule has 0 heterocycles. The van der Waals surface area contributed by atoms with Crippen LogP contribution in [0, 0.1) is 0 Å². The molecule has 0 saturated heterocycles. The predicted molar refractivity (Wildman–Crippen MR) is 94.2 cm³/mol. The van der Waals surface area contributed by atoms with Crippen LogP contribution in [0.3, 0.4) is 0 Å². The van der Waals surface area contributed by atoms with Gasteiger partial charge in [0.15, 0.2) is 5.78 Å². The molecule has 0 saturated carbocycles. The van der Waals surface area contributed by atoms with Crippen molar-refractivity contribution < 1.29 is 4.79 Å². The second kappa shape index (κ2) is 5.91. The Kier molecular flexibility index (Phi) is 4.16. The number of fused-ring (bicyclic) bond motifs is 1. The van der Waals surface area contributed by atoms with E-state index >= 15 is 0 Å². The van der Waals surface area contributed by atoms with Crippen LogP contribution in [0.5, 0.6) is 0 Å². The largest absolute Gasteiger partial charge is 0.289 e. The molecule has 0 aliphatic heterocycles. The summed E-state index contributed by atoms with van der Waals surface area (Å²) in [6.45, 7) is 0. The summed E-state index contributed by atoms with van der Waals surface area (Å²) in [5.74, 6) is -0.0175. The average molecular weight is 425 g/mol. The van der Waals surface area contributed by atoms with E-state index in [0.717, 1.165) is 19.7 Å². The Hall–Kier alpha value is -1.16. The SMILES string of the molecule is O=C(c1ccc(Cl)c(Br)c1)c1ccc(Br)c2ccccc12. The zero-order chi connectivity index (χ0) is 15.0. The van der Waals surface area contributed by atoms with Gasteiger partial charge in [-0.2, -0.15) is 0 Å². The fourth-order valence-corrected chi connectivity index (χ4v) is 3.23. The van der Waals surface area contributed by atoms with Crippen molar-refractivity contribution in [1.29, 1.82) is 0 Å². The molecule has 3 aromatic rings. The third kappa shape index (κ3) is 2.78. The highest BCUT2D eigenvalue weighted by Crippen LogP contribution is 2.30. The number of halogens is 3. The number of carbonyl (C=O) groups excluding carboxylic acids is 1. The van der Waals surface area contributed by atoms with Crippen LogP contribution in [-0.2, 0) is 0 Å². The first-order chi connectivity index (χ1) is 10.1. The minimum Gasteiger partial charge on any atom is -0.289 e. The third-order valence-corrected chi connectivity index (χ3v) is 5.20. The maximum absolute atomic E-state index is 12.8. The number of hydrogen-bond acceptors (Lipinski definition) is 1. The summed E-state index contributed by atoms with van der Waals surface area (Å²) >= 11 is 12.9. The zero-order valence-corrected chi connectivity index (χ0v) is 14.7. The molecule has 4 heteroatoms. The van der Waals surface area contributed by atoms with Crippen molar-refractivity contribution in [2.75, 3.05) is 0 Å². The lowest BCUT2D eigenvalue weighted by atomic mass is 9.97. The van der Waals surface area contributed by atoms with Gasteiger partial charge < -0.3 is 0 Å². The van der Waals surface area contributed by atoms with E-state index < -0.39 is 0 Å². The second-order valence-corrected chi connectivity index (χ2v) is 6.71. The highest BCUT2D eigenvalue weighted by Gasteiger charge is 2.14. The molecule has 0 aliphatic carbocycles. The molecule has 0 spiro atoms. The van der Waals surface area contributed by atoms with E-state index in [1.165, 1.54) is 0 Å². The molecule has 0 aliphatic rings. The molecule has 0 atom stereocenters. The summed E-state index contributed by atoms with van der Waals surface area (Å²) in [7, 11) is 0. The van der Waals surface area contributed by atoms with Gasteiger partial charge in [0.05, 0.1) is 5.02 Å². The normalized spacial score (nSPS) is 10.8. The maximum Gasteiger partial charge on any atom is 0.193 e. The summed E-state index contributed by atoms with van der Waals surface area (Å²) in [4.78, 5) is 12.8. The Labute approximate surface area is 144 Å². The van der Waals surface area contributed by atoms with Crippen LogP contribution in [-0.4, -0.2) is 5.78 Å². The zero-order valence-electron chi connectivity index (χ0n) is 10.7. The predicted octanol–water partition coefficient (Wildman–Crippen LogP) is 6.25. The molecule has 3 aromatic carbocycles. The van der Waals surface area contributed by atoms with Crippen LogP contribution in [0.2, 0.25) is 5.02 Å².